The quantitative estimate of drug-likeness (QED) is 0.904. The van der Waals surface area contributed by atoms with Gasteiger partial charge in [0.25, 0.3) is 5.91 Å². The zero-order valence-electron chi connectivity index (χ0n) is 12.8. The van der Waals surface area contributed by atoms with E-state index in [0.29, 0.717) is 31.9 Å². The lowest BCUT2D eigenvalue weighted by atomic mass is 10.1. The van der Waals surface area contributed by atoms with Crippen LogP contribution in [0, 0.1) is 0 Å². The molecule has 2 N–H and O–H groups in total. The van der Waals surface area contributed by atoms with Crippen molar-refractivity contribution in [3.8, 4) is 0 Å². The van der Waals surface area contributed by atoms with Crippen LogP contribution in [0.2, 0.25) is 0 Å². The standard InChI is InChI=1S/C15H20F3N3O2/c1-23-13(10-19)14(22)21-7-5-20(6-8-21)12-4-2-3-11(9-12)15(16,17)18/h2-4,9,13H,5-8,10,19H2,1H3. The highest BCUT2D eigenvalue weighted by molar-refractivity contribution is 5.81. The van der Waals surface area contributed by atoms with E-state index < -0.39 is 17.8 Å². The van der Waals surface area contributed by atoms with E-state index in [9.17, 15) is 18.0 Å². The second-order valence-electron chi connectivity index (χ2n) is 5.32. The average molecular weight is 331 g/mol. The van der Waals surface area contributed by atoms with Crippen molar-refractivity contribution in [3.63, 3.8) is 0 Å². The van der Waals surface area contributed by atoms with Crippen molar-refractivity contribution in [3.05, 3.63) is 29.8 Å². The van der Waals surface area contributed by atoms with Crippen LogP contribution in [0.1, 0.15) is 5.56 Å². The molecular formula is C15H20F3N3O2. The second kappa shape index (κ2) is 7.18. The van der Waals surface area contributed by atoms with Gasteiger partial charge in [0.15, 0.2) is 0 Å². The molecule has 1 amide bonds. The van der Waals surface area contributed by atoms with E-state index in [2.05, 4.69) is 0 Å². The third-order valence-electron chi connectivity index (χ3n) is 3.90. The van der Waals surface area contributed by atoms with Gasteiger partial charge >= 0.3 is 6.18 Å². The molecule has 2 rings (SSSR count). The summed E-state index contributed by atoms with van der Waals surface area (Å²) in [6.07, 6.45) is -5.03. The van der Waals surface area contributed by atoms with Crippen molar-refractivity contribution in [1.29, 1.82) is 0 Å². The number of benzene rings is 1. The number of nitrogens with zero attached hydrogens (tertiary/aromatic N) is 2. The molecule has 128 valence electrons. The van der Waals surface area contributed by atoms with E-state index in [1.165, 1.54) is 13.2 Å². The summed E-state index contributed by atoms with van der Waals surface area (Å²) in [5.74, 6) is -0.182. The number of hydrogen-bond acceptors (Lipinski definition) is 4. The van der Waals surface area contributed by atoms with Gasteiger partial charge in [0.05, 0.1) is 5.56 Å². The molecular weight excluding hydrogens is 311 g/mol. The smallest absolute Gasteiger partial charge is 0.370 e. The summed E-state index contributed by atoms with van der Waals surface area (Å²) in [5, 5.41) is 0. The number of carbonyl (C=O) groups excluding carboxylic acids is 1. The monoisotopic (exact) mass is 331 g/mol. The Morgan fingerprint density at radius 1 is 1.30 bits per heavy atom. The van der Waals surface area contributed by atoms with Crippen molar-refractivity contribution in [2.24, 2.45) is 5.73 Å². The van der Waals surface area contributed by atoms with Crippen LogP contribution in [-0.2, 0) is 15.7 Å². The first kappa shape index (κ1) is 17.6. The predicted octanol–water partition coefficient (Wildman–Crippen LogP) is 1.33. The Balaban J connectivity index is 2.01. The molecule has 1 fully saturated rings. The number of ether oxygens (including phenoxy) is 1. The Morgan fingerprint density at radius 2 is 1.96 bits per heavy atom. The van der Waals surface area contributed by atoms with Crippen molar-refractivity contribution < 1.29 is 22.7 Å². The highest BCUT2D eigenvalue weighted by Gasteiger charge is 2.31. The Morgan fingerprint density at radius 3 is 2.48 bits per heavy atom. The lowest BCUT2D eigenvalue weighted by Gasteiger charge is -2.37. The van der Waals surface area contributed by atoms with Crippen molar-refractivity contribution >= 4 is 11.6 Å². The molecule has 1 aliphatic rings. The number of hydrogen-bond donors (Lipinski definition) is 1. The fourth-order valence-electron chi connectivity index (χ4n) is 2.57. The first-order valence-electron chi connectivity index (χ1n) is 7.30. The van der Waals surface area contributed by atoms with Crippen LogP contribution in [0.4, 0.5) is 18.9 Å². The second-order valence-corrected chi connectivity index (χ2v) is 5.32. The van der Waals surface area contributed by atoms with E-state index in [4.69, 9.17) is 10.5 Å². The van der Waals surface area contributed by atoms with Crippen molar-refractivity contribution in [2.75, 3.05) is 44.7 Å². The zero-order valence-corrected chi connectivity index (χ0v) is 12.8. The van der Waals surface area contributed by atoms with Gasteiger partial charge < -0.3 is 20.3 Å². The van der Waals surface area contributed by atoms with E-state index in [0.717, 1.165) is 12.1 Å². The van der Waals surface area contributed by atoms with Crippen LogP contribution in [0.3, 0.4) is 0 Å². The summed E-state index contributed by atoms with van der Waals surface area (Å²) in [5.41, 5.74) is 5.32. The molecule has 1 saturated heterocycles. The van der Waals surface area contributed by atoms with Gasteiger partial charge in [-0.15, -0.1) is 0 Å². The molecule has 1 heterocycles. The third kappa shape index (κ3) is 4.14. The fraction of sp³-hybridized carbons (Fsp3) is 0.533. The lowest BCUT2D eigenvalue weighted by Crippen LogP contribution is -2.53. The highest BCUT2D eigenvalue weighted by atomic mass is 19.4. The number of halogens is 3. The summed E-state index contributed by atoms with van der Waals surface area (Å²) < 4.78 is 43.3. The topological polar surface area (TPSA) is 58.8 Å². The maximum absolute atomic E-state index is 12.8. The number of piperazine rings is 1. The summed E-state index contributed by atoms with van der Waals surface area (Å²) in [4.78, 5) is 15.6. The lowest BCUT2D eigenvalue weighted by molar-refractivity contribution is -0.141. The van der Waals surface area contributed by atoms with E-state index >= 15 is 0 Å². The minimum atomic E-state index is -4.36. The molecule has 1 unspecified atom stereocenters. The van der Waals surface area contributed by atoms with Crippen LogP contribution in [0.5, 0.6) is 0 Å². The third-order valence-corrected chi connectivity index (χ3v) is 3.90. The molecule has 0 saturated carbocycles. The number of amides is 1. The van der Waals surface area contributed by atoms with Gasteiger partial charge in [-0.1, -0.05) is 6.07 Å². The minimum absolute atomic E-state index is 0.100. The number of carbonyl (C=O) groups is 1. The SMILES string of the molecule is COC(CN)C(=O)N1CCN(c2cccc(C(F)(F)F)c2)CC1. The number of methoxy groups -OCH3 is 1. The van der Waals surface area contributed by atoms with Crippen LogP contribution in [0.15, 0.2) is 24.3 Å². The molecule has 5 nitrogen and oxygen atoms in total. The first-order chi connectivity index (χ1) is 10.9. The maximum atomic E-state index is 12.8. The Hall–Kier alpha value is -1.80. The van der Waals surface area contributed by atoms with Gasteiger partial charge in [-0.2, -0.15) is 13.2 Å². The van der Waals surface area contributed by atoms with Gasteiger partial charge in [0, 0.05) is 45.5 Å². The van der Waals surface area contributed by atoms with Gasteiger partial charge in [-0.25, -0.2) is 0 Å². The molecule has 1 aliphatic heterocycles. The fourth-order valence-corrected chi connectivity index (χ4v) is 2.57. The largest absolute Gasteiger partial charge is 0.416 e. The van der Waals surface area contributed by atoms with E-state index in [1.807, 2.05) is 4.90 Å². The molecule has 1 aromatic rings. The molecule has 0 aliphatic carbocycles. The molecule has 23 heavy (non-hydrogen) atoms. The van der Waals surface area contributed by atoms with E-state index in [1.54, 1.807) is 11.0 Å². The summed E-state index contributed by atoms with van der Waals surface area (Å²) in [7, 11) is 1.42. The average Bonchev–Trinajstić information content (AvgIpc) is 2.55. The summed E-state index contributed by atoms with van der Waals surface area (Å²) >= 11 is 0. The normalized spacial score (nSPS) is 17.3. The number of nitrogens with two attached hydrogens (primary N) is 1. The zero-order chi connectivity index (χ0) is 17.0. The maximum Gasteiger partial charge on any atom is 0.416 e. The van der Waals surface area contributed by atoms with E-state index in [-0.39, 0.29) is 12.5 Å². The van der Waals surface area contributed by atoms with Gasteiger partial charge in [0.1, 0.15) is 6.10 Å². The molecule has 0 spiro atoms. The number of rotatable bonds is 4. The minimum Gasteiger partial charge on any atom is -0.370 e. The highest BCUT2D eigenvalue weighted by Crippen LogP contribution is 2.31. The Kier molecular flexibility index (Phi) is 5.48. The van der Waals surface area contributed by atoms with Crippen LogP contribution in [0.25, 0.3) is 0 Å². The van der Waals surface area contributed by atoms with Crippen LogP contribution < -0.4 is 10.6 Å². The van der Waals surface area contributed by atoms with Crippen LogP contribution in [-0.4, -0.2) is 56.7 Å². The Bertz CT molecular complexity index is 539. The number of alkyl halides is 3. The molecule has 0 aromatic heterocycles. The molecule has 0 radical (unpaired) electrons. The summed E-state index contributed by atoms with van der Waals surface area (Å²) in [6.45, 7) is 1.88. The molecule has 1 aromatic carbocycles. The van der Waals surface area contributed by atoms with Crippen molar-refractivity contribution in [2.45, 2.75) is 12.3 Å². The molecule has 8 heteroatoms. The molecule has 1 atom stereocenters. The first-order valence-corrected chi connectivity index (χ1v) is 7.30. The predicted molar refractivity (Wildman–Crippen MR) is 80.1 cm³/mol. The van der Waals surface area contributed by atoms with Crippen molar-refractivity contribution in [1.82, 2.24) is 4.90 Å². The summed E-state index contributed by atoms with van der Waals surface area (Å²) in [6, 6.07) is 5.22. The molecule has 0 bridgehead atoms. The Labute approximate surface area is 132 Å². The van der Waals surface area contributed by atoms with Gasteiger partial charge in [0.2, 0.25) is 0 Å². The van der Waals surface area contributed by atoms with Gasteiger partial charge in [-0.3, -0.25) is 4.79 Å². The van der Waals surface area contributed by atoms with Gasteiger partial charge in [-0.05, 0) is 18.2 Å². The van der Waals surface area contributed by atoms with Crippen LogP contribution >= 0.6 is 0 Å². The number of anilines is 1.